The summed E-state index contributed by atoms with van der Waals surface area (Å²) in [6.45, 7) is 6.40. The molecule has 3 aromatic heterocycles. The highest BCUT2D eigenvalue weighted by Gasteiger charge is 2.55. The lowest BCUT2D eigenvalue weighted by atomic mass is 10.0. The second-order valence-corrected chi connectivity index (χ2v) is 18.1. The Morgan fingerprint density at radius 2 is 1.65 bits per heavy atom. The van der Waals surface area contributed by atoms with Crippen LogP contribution in [0.5, 0.6) is 11.5 Å². The second-order valence-electron chi connectivity index (χ2n) is 16.1. The maximum absolute atomic E-state index is 14.7. The fraction of sp³-hybridized carbons (Fsp3) is 0.591. The number of hydrogen-bond acceptors (Lipinski definition) is 13. The molecule has 0 bridgehead atoms. The second kappa shape index (κ2) is 22.3. The number of anilines is 1. The molecule has 2 N–H and O–H groups in total. The molecule has 4 heterocycles. The Balaban J connectivity index is 1.09. The number of phosphoric acid groups is 1. The van der Waals surface area contributed by atoms with Crippen LogP contribution in [0, 0.1) is 17.2 Å². The topological polar surface area (TPSA) is 175 Å². The molecule has 1 saturated heterocycles. The first-order valence-corrected chi connectivity index (χ1v) is 23.3. The Labute approximate surface area is 359 Å². The summed E-state index contributed by atoms with van der Waals surface area (Å²) in [5, 5.41) is 14.0. The largest absolute Gasteiger partial charge is 0.530 e. The van der Waals surface area contributed by atoms with E-state index in [1.165, 1.54) is 76.7 Å². The fourth-order valence-corrected chi connectivity index (χ4v) is 9.50. The zero-order valence-electron chi connectivity index (χ0n) is 35.1. The number of para-hydroxylation sites is 1. The average Bonchev–Trinajstić information content (AvgIpc) is 3.91. The summed E-state index contributed by atoms with van der Waals surface area (Å²) in [6.07, 6.45) is 17.0. The maximum Gasteiger partial charge on any atom is 0.530 e. The van der Waals surface area contributed by atoms with Crippen molar-refractivity contribution in [3.63, 3.8) is 0 Å². The Morgan fingerprint density at radius 3 is 2.35 bits per heavy atom. The van der Waals surface area contributed by atoms with Gasteiger partial charge >= 0.3 is 7.82 Å². The number of ether oxygens (including phenoxy) is 4. The van der Waals surface area contributed by atoms with Gasteiger partial charge < -0.3 is 29.2 Å². The van der Waals surface area contributed by atoms with Crippen molar-refractivity contribution in [2.75, 3.05) is 32.2 Å². The van der Waals surface area contributed by atoms with Gasteiger partial charge in [0.25, 0.3) is 0 Å². The van der Waals surface area contributed by atoms with E-state index in [1.807, 2.05) is 32.0 Å². The quantitative estimate of drug-likeness (QED) is 0.0467. The Hall–Kier alpha value is -3.80. The van der Waals surface area contributed by atoms with Crippen molar-refractivity contribution in [3.05, 3.63) is 77.5 Å². The van der Waals surface area contributed by atoms with Crippen LogP contribution >= 0.6 is 19.4 Å². The highest BCUT2D eigenvalue weighted by molar-refractivity contribution is 7.48. The van der Waals surface area contributed by atoms with Gasteiger partial charge in [0.05, 0.1) is 43.2 Å². The van der Waals surface area contributed by atoms with Crippen LogP contribution in [-0.2, 0) is 27.8 Å². The van der Waals surface area contributed by atoms with Crippen molar-refractivity contribution in [3.8, 4) is 17.6 Å². The van der Waals surface area contributed by atoms with Gasteiger partial charge in [-0.25, -0.2) is 19.0 Å². The molecule has 1 saturated carbocycles. The molecule has 1 aliphatic carbocycles. The lowest BCUT2D eigenvalue weighted by molar-refractivity contribution is -0.159. The highest BCUT2D eigenvalue weighted by atomic mass is 35.5. The number of halogens is 1. The van der Waals surface area contributed by atoms with E-state index in [2.05, 4.69) is 22.0 Å². The molecule has 16 heteroatoms. The third-order valence-electron chi connectivity index (χ3n) is 11.0. The number of fused-ring (bicyclic) bond motifs is 2. The standard InChI is InChI=1S/C44H60ClN6O8P/c1-4-5-6-7-8-9-10-11-12-13-14-17-24-53-29-35(56-34-21-20-33(26-46)48-27-34)30-55-60(52,59-40-19-16-15-18-37(40)45)54-28-32-25-36(42-41(32)57-44(2,3)58-42)38-22-23-39-43(47)49-31-50-51(38)39/h15-16,18-23,27,31-32,35-36,41-42H,4-14,17,24-25,28-30H2,1-3H3,(H2,47,49,50)/t32-,35-,36+,41-,42+,60?/m1/s1. The number of nitrogens with zero attached hydrogens (tertiary/aromatic N) is 5. The summed E-state index contributed by atoms with van der Waals surface area (Å²) in [5.41, 5.74) is 7.99. The SMILES string of the molecule is CCCCCCCCCCCCCCOC[C@H](COP(=O)(OC[C@H]1C[C@@H](c2ccc3c(N)ncnn23)[C@@H]2OC(C)(C)O[C@H]12)Oc1ccccc1Cl)Oc1ccc(C#N)nc1. The molecule has 4 aromatic rings. The van der Waals surface area contributed by atoms with Gasteiger partial charge in [-0.05, 0) is 63.1 Å². The molecule has 60 heavy (non-hydrogen) atoms. The monoisotopic (exact) mass is 866 g/mol. The molecule has 14 nitrogen and oxygen atoms in total. The number of nitrogen functional groups attached to an aromatic ring is 1. The van der Waals surface area contributed by atoms with Crippen LogP contribution in [0.15, 0.2) is 61.1 Å². The van der Waals surface area contributed by atoms with Crippen molar-refractivity contribution in [1.29, 1.82) is 5.26 Å². The molecule has 0 spiro atoms. The van der Waals surface area contributed by atoms with E-state index < -0.39 is 25.8 Å². The number of nitriles is 1. The van der Waals surface area contributed by atoms with E-state index in [0.717, 1.165) is 18.5 Å². The van der Waals surface area contributed by atoms with E-state index >= 15 is 0 Å². The van der Waals surface area contributed by atoms with Crippen molar-refractivity contribution >= 4 is 30.8 Å². The van der Waals surface area contributed by atoms with E-state index in [-0.39, 0.29) is 54.2 Å². The number of benzene rings is 1. The number of phosphoric ester groups is 1. The molecule has 1 aliphatic heterocycles. The number of nitrogens with two attached hydrogens (primary N) is 1. The summed E-state index contributed by atoms with van der Waals surface area (Å²) in [5.74, 6) is -0.369. The van der Waals surface area contributed by atoms with Crippen molar-refractivity contribution < 1.29 is 37.1 Å². The summed E-state index contributed by atoms with van der Waals surface area (Å²) in [6, 6.07) is 15.8. The van der Waals surface area contributed by atoms with Gasteiger partial charge in [0, 0.05) is 24.1 Å². The van der Waals surface area contributed by atoms with Crippen LogP contribution in [0.3, 0.4) is 0 Å². The average molecular weight is 867 g/mol. The molecule has 6 atom stereocenters. The normalized spacial score (nSPS) is 21.1. The Morgan fingerprint density at radius 1 is 0.933 bits per heavy atom. The van der Waals surface area contributed by atoms with Crippen LogP contribution in [0.4, 0.5) is 5.82 Å². The first-order valence-electron chi connectivity index (χ1n) is 21.5. The number of aromatic nitrogens is 4. The summed E-state index contributed by atoms with van der Waals surface area (Å²) in [7, 11) is -4.38. The molecular formula is C44H60ClN6O8P. The summed E-state index contributed by atoms with van der Waals surface area (Å²) >= 11 is 6.48. The number of rotatable bonds is 26. The van der Waals surface area contributed by atoms with Gasteiger partial charge in [-0.2, -0.15) is 10.4 Å². The van der Waals surface area contributed by atoms with Crippen LogP contribution in [0.2, 0.25) is 5.02 Å². The lowest BCUT2D eigenvalue weighted by Gasteiger charge is -2.26. The molecule has 2 aliphatic rings. The number of pyridine rings is 1. The first kappa shape index (κ1) is 45.7. The van der Waals surface area contributed by atoms with Gasteiger partial charge in [-0.1, -0.05) is 101 Å². The van der Waals surface area contributed by atoms with Gasteiger partial charge in [-0.15, -0.1) is 0 Å². The van der Waals surface area contributed by atoms with E-state index in [1.54, 1.807) is 40.9 Å². The van der Waals surface area contributed by atoms with Crippen LogP contribution in [-0.4, -0.2) is 70.1 Å². The predicted octanol–water partition coefficient (Wildman–Crippen LogP) is 10.2. The smallest absolute Gasteiger partial charge is 0.484 e. The van der Waals surface area contributed by atoms with Gasteiger partial charge in [-0.3, -0.25) is 9.05 Å². The maximum atomic E-state index is 14.7. The highest BCUT2D eigenvalue weighted by Crippen LogP contribution is 2.54. The molecule has 0 amide bonds. The zero-order chi connectivity index (χ0) is 42.4. The van der Waals surface area contributed by atoms with Crippen LogP contribution in [0.25, 0.3) is 5.52 Å². The molecule has 6 rings (SSSR count). The minimum atomic E-state index is -4.38. The fourth-order valence-electron chi connectivity index (χ4n) is 7.97. The van der Waals surface area contributed by atoms with Gasteiger partial charge in [0.1, 0.15) is 41.2 Å². The lowest BCUT2D eigenvalue weighted by Crippen LogP contribution is -2.30. The van der Waals surface area contributed by atoms with E-state index in [9.17, 15) is 9.83 Å². The summed E-state index contributed by atoms with van der Waals surface area (Å²) < 4.78 is 59.9. The first-order chi connectivity index (χ1) is 29.1. The van der Waals surface area contributed by atoms with Gasteiger partial charge in [0.15, 0.2) is 11.6 Å². The summed E-state index contributed by atoms with van der Waals surface area (Å²) in [4.78, 5) is 8.26. The van der Waals surface area contributed by atoms with E-state index in [0.29, 0.717) is 30.1 Å². The third-order valence-corrected chi connectivity index (χ3v) is 12.6. The van der Waals surface area contributed by atoms with E-state index in [4.69, 9.17) is 49.9 Å². The third kappa shape index (κ3) is 12.9. The minimum absolute atomic E-state index is 0.0419. The van der Waals surface area contributed by atoms with Crippen molar-refractivity contribution in [1.82, 2.24) is 19.6 Å². The molecular weight excluding hydrogens is 807 g/mol. The van der Waals surface area contributed by atoms with Crippen molar-refractivity contribution in [2.45, 2.75) is 134 Å². The molecule has 1 aromatic carbocycles. The zero-order valence-corrected chi connectivity index (χ0v) is 36.7. The molecule has 0 radical (unpaired) electrons. The minimum Gasteiger partial charge on any atom is -0.484 e. The Bertz CT molecular complexity index is 2030. The van der Waals surface area contributed by atoms with Crippen LogP contribution < -0.4 is 15.0 Å². The van der Waals surface area contributed by atoms with Crippen molar-refractivity contribution in [2.24, 2.45) is 5.92 Å². The Kier molecular flexibility index (Phi) is 17.0. The predicted molar refractivity (Wildman–Crippen MR) is 229 cm³/mol. The molecule has 2 fully saturated rings. The van der Waals surface area contributed by atoms with Crippen LogP contribution in [0.1, 0.15) is 122 Å². The molecule has 1 unspecified atom stereocenters. The molecule has 326 valence electrons. The van der Waals surface area contributed by atoms with Gasteiger partial charge in [0.2, 0.25) is 0 Å². The number of unbranched alkanes of at least 4 members (excludes halogenated alkanes) is 11. The number of hydrogen-bond donors (Lipinski definition) is 1.